The average Bonchev–Trinajstić information content (AvgIpc) is 2.95. The van der Waals surface area contributed by atoms with Crippen molar-refractivity contribution in [1.29, 1.82) is 0 Å². The van der Waals surface area contributed by atoms with Crippen LogP contribution < -0.4 is 0 Å². The molecule has 7 nitrogen and oxygen atoms in total. The van der Waals surface area contributed by atoms with Gasteiger partial charge in [0.25, 0.3) is 17.8 Å². The van der Waals surface area contributed by atoms with E-state index >= 15 is 0 Å². The largest absolute Gasteiger partial charge is 0.358 e. The molecule has 2 aliphatic rings. The van der Waals surface area contributed by atoms with E-state index in [1.54, 1.807) is 7.05 Å². The second-order valence-corrected chi connectivity index (χ2v) is 7.44. The molecule has 0 aromatic heterocycles. The van der Waals surface area contributed by atoms with Gasteiger partial charge in [-0.1, -0.05) is 29.8 Å². The number of likely N-dealkylation sites (N-methyl/N-ethyl adjacent to an activating group) is 2. The van der Waals surface area contributed by atoms with Gasteiger partial charge < -0.3 is 0 Å². The number of hydrogen-bond acceptors (Lipinski definition) is 5. The Morgan fingerprint density at radius 3 is 2.65 bits per heavy atom. The molecule has 0 radical (unpaired) electrons. The normalized spacial score (nSPS) is 19.8. The van der Waals surface area contributed by atoms with Crippen molar-refractivity contribution in [2.24, 2.45) is 4.99 Å². The van der Waals surface area contributed by atoms with Crippen molar-refractivity contribution < 1.29 is 19.0 Å². The van der Waals surface area contributed by atoms with Crippen LogP contribution in [0.4, 0.5) is 4.79 Å². The van der Waals surface area contributed by atoms with Gasteiger partial charge in [0.2, 0.25) is 0 Å². The highest BCUT2D eigenvalue weighted by Gasteiger charge is 2.53. The molecule has 1 fully saturated rings. The molecule has 1 saturated heterocycles. The lowest BCUT2D eigenvalue weighted by atomic mass is 10.1. The third-order valence-corrected chi connectivity index (χ3v) is 5.47. The maximum absolute atomic E-state index is 12.8. The maximum Gasteiger partial charge on any atom is 0.358 e. The van der Waals surface area contributed by atoms with Gasteiger partial charge >= 0.3 is 11.2 Å². The summed E-state index contributed by atoms with van der Waals surface area (Å²) in [5, 5.41) is 0.588. The second-order valence-electron chi connectivity index (χ2n) is 6.50. The number of thioether (sulfide) groups is 1. The van der Waals surface area contributed by atoms with Crippen molar-refractivity contribution in [3.05, 3.63) is 35.4 Å². The Balaban J connectivity index is 2.01. The van der Waals surface area contributed by atoms with Crippen LogP contribution in [0.1, 0.15) is 18.1 Å². The summed E-state index contributed by atoms with van der Waals surface area (Å²) in [5.74, 6) is 0.404. The second kappa shape index (κ2) is 7.03. The quantitative estimate of drug-likeness (QED) is 0.750. The van der Waals surface area contributed by atoms with Crippen LogP contribution in [0.5, 0.6) is 0 Å². The molecule has 26 heavy (non-hydrogen) atoms. The molecule has 2 heterocycles. The van der Waals surface area contributed by atoms with Gasteiger partial charge in [0.05, 0.1) is 5.75 Å². The van der Waals surface area contributed by atoms with Crippen molar-refractivity contribution >= 4 is 40.5 Å². The highest BCUT2D eigenvalue weighted by Crippen LogP contribution is 2.24. The molecule has 1 aromatic rings. The first-order chi connectivity index (χ1) is 12.3. The number of carbonyl (C=O) groups is 3. The van der Waals surface area contributed by atoms with E-state index in [0.29, 0.717) is 17.5 Å². The van der Waals surface area contributed by atoms with Crippen molar-refractivity contribution in [1.82, 2.24) is 9.80 Å². The van der Waals surface area contributed by atoms with E-state index in [0.717, 1.165) is 16.0 Å². The van der Waals surface area contributed by atoms with Gasteiger partial charge in [-0.05, 0) is 36.2 Å². The predicted molar refractivity (Wildman–Crippen MR) is 100 cm³/mol. The van der Waals surface area contributed by atoms with Gasteiger partial charge in [-0.3, -0.25) is 19.4 Å². The Labute approximate surface area is 156 Å². The van der Waals surface area contributed by atoms with Crippen LogP contribution in [-0.2, 0) is 16.1 Å². The lowest BCUT2D eigenvalue weighted by Gasteiger charge is -2.30. The number of aliphatic imine (C=N–C) groups is 1. The van der Waals surface area contributed by atoms with Crippen molar-refractivity contribution in [3.8, 4) is 0 Å². The Hall–Kier alpha value is -2.48. The van der Waals surface area contributed by atoms with Crippen molar-refractivity contribution in [2.45, 2.75) is 26.4 Å². The molecular weight excluding hydrogens is 352 g/mol. The summed E-state index contributed by atoms with van der Waals surface area (Å²) < 4.78 is 1.87. The molecule has 2 aliphatic heterocycles. The number of urea groups is 1. The molecular formula is C18H21N4O3S+. The van der Waals surface area contributed by atoms with Crippen LogP contribution >= 0.6 is 11.8 Å². The zero-order valence-corrected chi connectivity index (χ0v) is 16.0. The molecule has 1 atom stereocenters. The van der Waals surface area contributed by atoms with Crippen molar-refractivity contribution in [3.63, 3.8) is 0 Å². The smallest absolute Gasteiger partial charge is 0.299 e. The lowest BCUT2D eigenvalue weighted by molar-refractivity contribution is -0.548. The molecule has 0 aliphatic carbocycles. The number of aryl methyl sites for hydroxylation is 1. The SMILES string of the molecule is CC(=O)CSC1=[N+](Cc2cccc(C)c2)C2C(=O)N(C)C(=O)N(C)C2=N1. The minimum absolute atomic E-state index is 0.0287. The molecule has 3 amide bonds. The molecule has 3 rings (SSSR count). The summed E-state index contributed by atoms with van der Waals surface area (Å²) in [6.45, 7) is 4.00. The Bertz CT molecular complexity index is 862. The van der Waals surface area contributed by atoms with E-state index in [1.807, 2.05) is 29.7 Å². The summed E-state index contributed by atoms with van der Waals surface area (Å²) in [6, 6.07) is 6.96. The number of rotatable bonds is 4. The third-order valence-electron chi connectivity index (χ3n) is 4.33. The fourth-order valence-corrected chi connectivity index (χ4v) is 3.85. The summed E-state index contributed by atoms with van der Waals surface area (Å²) in [7, 11) is 3.09. The number of imide groups is 1. The zero-order valence-electron chi connectivity index (χ0n) is 15.2. The molecule has 0 spiro atoms. The van der Waals surface area contributed by atoms with E-state index in [-0.39, 0.29) is 17.4 Å². The van der Waals surface area contributed by atoms with Crippen LogP contribution in [0.3, 0.4) is 0 Å². The standard InChI is InChI=1S/C18H21N4O3S/c1-11-6-5-7-13(8-11)9-22-14-15(19-17(22)26-10-12(2)23)20(3)18(25)21(4)16(14)24/h5-8,14H,9-10H2,1-4H3/q+1. The highest BCUT2D eigenvalue weighted by molar-refractivity contribution is 8.14. The fourth-order valence-electron chi connectivity index (χ4n) is 3.02. The van der Waals surface area contributed by atoms with Crippen LogP contribution in [-0.4, -0.2) is 69.0 Å². The number of hydrogen-bond donors (Lipinski definition) is 0. The van der Waals surface area contributed by atoms with E-state index in [1.165, 1.54) is 30.6 Å². The molecule has 0 bridgehead atoms. The molecule has 0 N–H and O–H groups in total. The van der Waals surface area contributed by atoms with Crippen molar-refractivity contribution in [2.75, 3.05) is 19.8 Å². The number of fused-ring (bicyclic) bond motifs is 1. The summed E-state index contributed by atoms with van der Waals surface area (Å²) in [6.07, 6.45) is 0. The third kappa shape index (κ3) is 3.29. The van der Waals surface area contributed by atoms with Crippen LogP contribution in [0.15, 0.2) is 29.3 Å². The Kier molecular flexibility index (Phi) is 4.95. The average molecular weight is 373 g/mol. The first kappa shape index (κ1) is 18.3. The summed E-state index contributed by atoms with van der Waals surface area (Å²) >= 11 is 1.29. The van der Waals surface area contributed by atoms with Gasteiger partial charge in [-0.15, -0.1) is 0 Å². The molecule has 1 aromatic carbocycles. The van der Waals surface area contributed by atoms with Gasteiger partial charge in [-0.2, -0.15) is 0 Å². The van der Waals surface area contributed by atoms with Crippen LogP contribution in [0.2, 0.25) is 0 Å². The minimum Gasteiger partial charge on any atom is -0.299 e. The number of amides is 3. The predicted octanol–water partition coefficient (Wildman–Crippen LogP) is 1.49. The molecule has 0 saturated carbocycles. The first-order valence-electron chi connectivity index (χ1n) is 8.25. The molecule has 1 unspecified atom stereocenters. The van der Waals surface area contributed by atoms with E-state index in [9.17, 15) is 14.4 Å². The maximum atomic E-state index is 12.8. The fraction of sp³-hybridized carbons (Fsp3) is 0.389. The number of carbonyl (C=O) groups excluding carboxylic acids is 3. The van der Waals surface area contributed by atoms with Crippen LogP contribution in [0.25, 0.3) is 0 Å². The van der Waals surface area contributed by atoms with Gasteiger partial charge in [0.1, 0.15) is 12.3 Å². The zero-order chi connectivity index (χ0) is 19.0. The summed E-state index contributed by atoms with van der Waals surface area (Å²) in [4.78, 5) is 43.5. The number of ketones is 1. The van der Waals surface area contributed by atoms with E-state index in [4.69, 9.17) is 0 Å². The van der Waals surface area contributed by atoms with Crippen LogP contribution in [0, 0.1) is 6.92 Å². The van der Waals surface area contributed by atoms with E-state index < -0.39 is 12.1 Å². The molecule has 8 heteroatoms. The number of nitrogens with zero attached hydrogens (tertiary/aromatic N) is 4. The Morgan fingerprint density at radius 2 is 2.00 bits per heavy atom. The van der Waals surface area contributed by atoms with Gasteiger partial charge in [0, 0.05) is 14.1 Å². The van der Waals surface area contributed by atoms with E-state index in [2.05, 4.69) is 11.1 Å². The topological polar surface area (TPSA) is 73.1 Å². The van der Waals surface area contributed by atoms with Gasteiger partial charge in [-0.25, -0.2) is 9.37 Å². The number of benzene rings is 1. The monoisotopic (exact) mass is 373 g/mol. The lowest BCUT2D eigenvalue weighted by Crippen LogP contribution is -2.61. The number of Topliss-reactive ketones (excluding diaryl/α,β-unsaturated/α-hetero) is 1. The number of amidine groups is 2. The van der Waals surface area contributed by atoms with Gasteiger partial charge in [0.15, 0.2) is 0 Å². The minimum atomic E-state index is -0.655. The molecule has 136 valence electrons. The highest BCUT2D eigenvalue weighted by atomic mass is 32.2. The first-order valence-corrected chi connectivity index (χ1v) is 9.23. The summed E-state index contributed by atoms with van der Waals surface area (Å²) in [5.41, 5.74) is 2.16. The Morgan fingerprint density at radius 1 is 1.27 bits per heavy atom.